The summed E-state index contributed by atoms with van der Waals surface area (Å²) < 4.78 is 0. The molecule has 1 amide bonds. The Morgan fingerprint density at radius 1 is 1.33 bits per heavy atom. The van der Waals surface area contributed by atoms with Crippen molar-refractivity contribution in [2.24, 2.45) is 11.1 Å². The molecule has 15 heavy (non-hydrogen) atoms. The van der Waals surface area contributed by atoms with Gasteiger partial charge in [-0.15, -0.1) is 0 Å². The van der Waals surface area contributed by atoms with E-state index in [1.165, 1.54) is 12.8 Å². The molecule has 1 aliphatic rings. The van der Waals surface area contributed by atoms with Gasteiger partial charge in [-0.3, -0.25) is 4.79 Å². The van der Waals surface area contributed by atoms with Crippen molar-refractivity contribution in [3.8, 4) is 0 Å². The number of amides is 1. The average Bonchev–Trinajstić information content (AvgIpc) is 2.74. The Kier molecular flexibility index (Phi) is 4.58. The van der Waals surface area contributed by atoms with E-state index in [1.807, 2.05) is 13.8 Å². The molecule has 88 valence electrons. The summed E-state index contributed by atoms with van der Waals surface area (Å²) in [5.41, 5.74) is 5.41. The molecule has 0 unspecified atom stereocenters. The van der Waals surface area contributed by atoms with Gasteiger partial charge in [-0.05, 0) is 25.7 Å². The van der Waals surface area contributed by atoms with Gasteiger partial charge in [-0.25, -0.2) is 0 Å². The van der Waals surface area contributed by atoms with Crippen LogP contribution in [-0.4, -0.2) is 18.5 Å². The van der Waals surface area contributed by atoms with Crippen LogP contribution in [0.3, 0.4) is 0 Å². The highest BCUT2D eigenvalue weighted by Gasteiger charge is 2.34. The van der Waals surface area contributed by atoms with E-state index in [0.717, 1.165) is 25.7 Å². The van der Waals surface area contributed by atoms with Crippen LogP contribution in [0.2, 0.25) is 0 Å². The lowest BCUT2D eigenvalue weighted by atomic mass is 9.81. The first-order chi connectivity index (χ1) is 7.18. The molecule has 0 spiro atoms. The average molecular weight is 212 g/mol. The van der Waals surface area contributed by atoms with Crippen LogP contribution in [0, 0.1) is 5.41 Å². The Hall–Kier alpha value is -0.570. The number of nitrogens with one attached hydrogen (secondary N) is 1. The van der Waals surface area contributed by atoms with E-state index >= 15 is 0 Å². The standard InChI is InChI=1S/C12H24N2O/c1-3-12(4-2,9-13)11(15)14-10-7-5-6-8-10/h10H,3-9,13H2,1-2H3,(H,14,15). The van der Waals surface area contributed by atoms with Crippen LogP contribution in [0.15, 0.2) is 0 Å². The van der Waals surface area contributed by atoms with Crippen molar-refractivity contribution in [1.29, 1.82) is 0 Å². The Balaban J connectivity index is 2.55. The van der Waals surface area contributed by atoms with Crippen LogP contribution in [0.1, 0.15) is 52.4 Å². The summed E-state index contributed by atoms with van der Waals surface area (Å²) in [6, 6.07) is 0.404. The lowest BCUT2D eigenvalue weighted by Crippen LogP contribution is -2.48. The van der Waals surface area contributed by atoms with Gasteiger partial charge in [0.15, 0.2) is 0 Å². The van der Waals surface area contributed by atoms with Gasteiger partial charge in [-0.1, -0.05) is 26.7 Å². The SMILES string of the molecule is CCC(CC)(CN)C(=O)NC1CCCC1. The monoisotopic (exact) mass is 212 g/mol. The molecule has 0 aromatic rings. The first-order valence-corrected chi connectivity index (χ1v) is 6.19. The smallest absolute Gasteiger partial charge is 0.227 e. The number of carbonyl (C=O) groups excluding carboxylic acids is 1. The van der Waals surface area contributed by atoms with Crippen molar-refractivity contribution in [3.63, 3.8) is 0 Å². The van der Waals surface area contributed by atoms with Crippen molar-refractivity contribution in [2.75, 3.05) is 6.54 Å². The van der Waals surface area contributed by atoms with E-state index in [1.54, 1.807) is 0 Å². The topological polar surface area (TPSA) is 55.1 Å². The zero-order valence-electron chi connectivity index (χ0n) is 10.0. The van der Waals surface area contributed by atoms with Gasteiger partial charge >= 0.3 is 0 Å². The molecule has 0 aromatic heterocycles. The molecule has 1 aliphatic carbocycles. The van der Waals surface area contributed by atoms with E-state index in [9.17, 15) is 4.79 Å². The van der Waals surface area contributed by atoms with Crippen LogP contribution >= 0.6 is 0 Å². The fourth-order valence-corrected chi connectivity index (χ4v) is 2.36. The van der Waals surface area contributed by atoms with Crippen molar-refractivity contribution in [3.05, 3.63) is 0 Å². The first-order valence-electron chi connectivity index (χ1n) is 6.19. The highest BCUT2D eigenvalue weighted by Crippen LogP contribution is 2.26. The highest BCUT2D eigenvalue weighted by molar-refractivity contribution is 5.83. The minimum Gasteiger partial charge on any atom is -0.353 e. The van der Waals surface area contributed by atoms with Gasteiger partial charge in [-0.2, -0.15) is 0 Å². The second-order valence-electron chi connectivity index (χ2n) is 4.65. The molecule has 0 bridgehead atoms. The van der Waals surface area contributed by atoms with Crippen LogP contribution < -0.4 is 11.1 Å². The Morgan fingerprint density at radius 3 is 2.27 bits per heavy atom. The second kappa shape index (κ2) is 5.50. The third-order valence-corrected chi connectivity index (χ3v) is 3.92. The molecule has 0 aliphatic heterocycles. The number of nitrogens with two attached hydrogens (primary N) is 1. The molecule has 1 rings (SSSR count). The number of carbonyl (C=O) groups is 1. The third-order valence-electron chi connectivity index (χ3n) is 3.92. The molecule has 3 heteroatoms. The predicted molar refractivity (Wildman–Crippen MR) is 62.5 cm³/mol. The summed E-state index contributed by atoms with van der Waals surface area (Å²) in [6.45, 7) is 4.55. The number of hydrogen-bond donors (Lipinski definition) is 2. The van der Waals surface area contributed by atoms with Crippen LogP contribution in [-0.2, 0) is 4.79 Å². The molecule has 1 saturated carbocycles. The Bertz CT molecular complexity index is 197. The molecule has 3 nitrogen and oxygen atoms in total. The van der Waals surface area contributed by atoms with E-state index in [-0.39, 0.29) is 11.3 Å². The molecule has 3 N–H and O–H groups in total. The molecule has 1 fully saturated rings. The highest BCUT2D eigenvalue weighted by atomic mass is 16.2. The minimum atomic E-state index is -0.331. The van der Waals surface area contributed by atoms with E-state index in [0.29, 0.717) is 12.6 Å². The van der Waals surface area contributed by atoms with Gasteiger partial charge in [0.25, 0.3) is 0 Å². The zero-order valence-corrected chi connectivity index (χ0v) is 10.0. The minimum absolute atomic E-state index is 0.168. The molecule has 0 atom stereocenters. The summed E-state index contributed by atoms with van der Waals surface area (Å²) >= 11 is 0. The summed E-state index contributed by atoms with van der Waals surface area (Å²) in [5, 5.41) is 3.15. The first kappa shape index (κ1) is 12.5. The third kappa shape index (κ3) is 2.71. The molecule has 0 radical (unpaired) electrons. The van der Waals surface area contributed by atoms with Gasteiger partial charge in [0.2, 0.25) is 5.91 Å². The van der Waals surface area contributed by atoms with E-state index in [2.05, 4.69) is 5.32 Å². The summed E-state index contributed by atoms with van der Waals surface area (Å²) in [6.07, 6.45) is 6.44. The van der Waals surface area contributed by atoms with E-state index in [4.69, 9.17) is 5.73 Å². The predicted octanol–water partition coefficient (Wildman–Crippen LogP) is 1.81. The molecule has 0 aromatic carbocycles. The molecule has 0 saturated heterocycles. The summed E-state index contributed by atoms with van der Waals surface area (Å²) in [5.74, 6) is 0.168. The normalized spacial score (nSPS) is 18.1. The van der Waals surface area contributed by atoms with Crippen LogP contribution in [0.25, 0.3) is 0 Å². The summed E-state index contributed by atoms with van der Waals surface area (Å²) in [7, 11) is 0. The van der Waals surface area contributed by atoms with Gasteiger partial charge < -0.3 is 11.1 Å². The number of rotatable bonds is 5. The quantitative estimate of drug-likeness (QED) is 0.730. The van der Waals surface area contributed by atoms with Crippen molar-refractivity contribution < 1.29 is 4.79 Å². The van der Waals surface area contributed by atoms with Crippen molar-refractivity contribution in [2.45, 2.75) is 58.4 Å². The van der Waals surface area contributed by atoms with Crippen molar-refractivity contribution >= 4 is 5.91 Å². The lowest BCUT2D eigenvalue weighted by molar-refractivity contribution is -0.131. The largest absolute Gasteiger partial charge is 0.353 e. The maximum absolute atomic E-state index is 12.1. The maximum Gasteiger partial charge on any atom is 0.227 e. The van der Waals surface area contributed by atoms with Crippen molar-refractivity contribution in [1.82, 2.24) is 5.32 Å². The fourth-order valence-electron chi connectivity index (χ4n) is 2.36. The van der Waals surface area contributed by atoms with Gasteiger partial charge in [0, 0.05) is 12.6 Å². The molecule has 0 heterocycles. The van der Waals surface area contributed by atoms with E-state index < -0.39 is 0 Å². The summed E-state index contributed by atoms with van der Waals surface area (Å²) in [4.78, 5) is 12.1. The number of hydrogen-bond acceptors (Lipinski definition) is 2. The Labute approximate surface area is 92.8 Å². The second-order valence-corrected chi connectivity index (χ2v) is 4.65. The fraction of sp³-hybridized carbons (Fsp3) is 0.917. The maximum atomic E-state index is 12.1. The van der Waals surface area contributed by atoms with Gasteiger partial charge in [0.05, 0.1) is 5.41 Å². The molecular weight excluding hydrogens is 188 g/mol. The van der Waals surface area contributed by atoms with Crippen LogP contribution in [0.5, 0.6) is 0 Å². The van der Waals surface area contributed by atoms with Crippen LogP contribution in [0.4, 0.5) is 0 Å². The van der Waals surface area contributed by atoms with Gasteiger partial charge in [0.1, 0.15) is 0 Å². The molecular formula is C12H24N2O. The Morgan fingerprint density at radius 2 is 1.87 bits per heavy atom. The lowest BCUT2D eigenvalue weighted by Gasteiger charge is -2.30. The zero-order chi connectivity index (χ0) is 11.3.